The molecule has 144 valence electrons. The number of amides is 2. The number of furan rings is 1. The lowest BCUT2D eigenvalue weighted by Gasteiger charge is -2.11. The Balaban J connectivity index is 1.83. The zero-order valence-corrected chi connectivity index (χ0v) is 16.5. The first-order valence-electron chi connectivity index (χ1n) is 8.18. The molecule has 1 aromatic heterocycles. The summed E-state index contributed by atoms with van der Waals surface area (Å²) >= 11 is 1.37. The third kappa shape index (κ3) is 5.62. The third-order valence-electron chi connectivity index (χ3n) is 3.67. The average molecular weight is 390 g/mol. The van der Waals surface area contributed by atoms with E-state index in [2.05, 4.69) is 10.1 Å². The van der Waals surface area contributed by atoms with Crippen molar-refractivity contribution in [3.8, 4) is 0 Å². The third-order valence-corrected chi connectivity index (χ3v) is 4.63. The molecule has 27 heavy (non-hydrogen) atoms. The number of nitrogens with one attached hydrogen (secondary N) is 1. The molecule has 0 spiro atoms. The van der Waals surface area contributed by atoms with Gasteiger partial charge in [-0.2, -0.15) is 0 Å². The summed E-state index contributed by atoms with van der Waals surface area (Å²) in [5.74, 6) is 1.09. The van der Waals surface area contributed by atoms with Gasteiger partial charge in [0.25, 0.3) is 5.91 Å². The lowest BCUT2D eigenvalue weighted by Crippen LogP contribution is -2.21. The monoisotopic (exact) mass is 390 g/mol. The fourth-order valence-corrected chi connectivity index (χ4v) is 3.03. The maximum absolute atomic E-state index is 12.0. The minimum absolute atomic E-state index is 0.0940. The number of benzene rings is 1. The summed E-state index contributed by atoms with van der Waals surface area (Å²) in [5, 5.41) is 2.78. The standard InChI is InChI=1S/C19H22N2O5S/c1-12-16(19(24)25-4)9-15(26-12)10-27-11-17(22)20-14-7-5-13(6-8-14)18(23)21(2)3/h5-9H,10-11H2,1-4H3,(H,20,22). The molecule has 1 heterocycles. The van der Waals surface area contributed by atoms with Gasteiger partial charge in [-0.1, -0.05) is 0 Å². The van der Waals surface area contributed by atoms with Crippen LogP contribution in [0.15, 0.2) is 34.7 Å². The second-order valence-electron chi connectivity index (χ2n) is 5.99. The maximum Gasteiger partial charge on any atom is 0.341 e. The summed E-state index contributed by atoms with van der Waals surface area (Å²) in [7, 11) is 4.68. The largest absolute Gasteiger partial charge is 0.465 e. The number of aryl methyl sites for hydroxylation is 1. The van der Waals surface area contributed by atoms with Gasteiger partial charge < -0.3 is 19.4 Å². The highest BCUT2D eigenvalue weighted by Crippen LogP contribution is 2.20. The van der Waals surface area contributed by atoms with Gasteiger partial charge in [-0.15, -0.1) is 11.8 Å². The highest BCUT2D eigenvalue weighted by atomic mass is 32.2. The summed E-state index contributed by atoms with van der Waals surface area (Å²) < 4.78 is 10.2. The molecule has 0 bridgehead atoms. The summed E-state index contributed by atoms with van der Waals surface area (Å²) in [6.45, 7) is 1.69. The average Bonchev–Trinajstić information content (AvgIpc) is 3.01. The van der Waals surface area contributed by atoms with Crippen LogP contribution in [0.2, 0.25) is 0 Å². The molecule has 0 saturated carbocycles. The molecule has 2 aromatic rings. The molecule has 0 unspecified atom stereocenters. The van der Waals surface area contributed by atoms with Gasteiger partial charge in [0, 0.05) is 25.3 Å². The summed E-state index contributed by atoms with van der Waals surface area (Å²) in [6, 6.07) is 8.36. The molecule has 0 saturated heterocycles. The molecule has 0 atom stereocenters. The van der Waals surface area contributed by atoms with Crippen molar-refractivity contribution in [2.75, 3.05) is 32.3 Å². The highest BCUT2D eigenvalue weighted by molar-refractivity contribution is 7.99. The van der Waals surface area contributed by atoms with E-state index in [-0.39, 0.29) is 17.6 Å². The number of thioether (sulfide) groups is 1. The number of carbonyl (C=O) groups excluding carboxylic acids is 3. The van der Waals surface area contributed by atoms with Crippen LogP contribution in [0.5, 0.6) is 0 Å². The molecular formula is C19H22N2O5S. The predicted molar refractivity (Wildman–Crippen MR) is 104 cm³/mol. The molecule has 1 N–H and O–H groups in total. The Morgan fingerprint density at radius 1 is 1.19 bits per heavy atom. The first-order chi connectivity index (χ1) is 12.8. The Bertz CT molecular complexity index is 827. The molecule has 8 heteroatoms. The number of carbonyl (C=O) groups is 3. The first kappa shape index (κ1) is 20.6. The van der Waals surface area contributed by atoms with E-state index < -0.39 is 5.97 Å². The van der Waals surface area contributed by atoms with Crippen LogP contribution in [0.25, 0.3) is 0 Å². The molecule has 0 fully saturated rings. The SMILES string of the molecule is COC(=O)c1cc(CSCC(=O)Nc2ccc(C(=O)N(C)C)cc2)oc1C. The Morgan fingerprint density at radius 2 is 1.85 bits per heavy atom. The van der Waals surface area contributed by atoms with E-state index in [4.69, 9.17) is 4.42 Å². The summed E-state index contributed by atoms with van der Waals surface area (Å²) in [6.07, 6.45) is 0. The van der Waals surface area contributed by atoms with Crippen molar-refractivity contribution in [1.29, 1.82) is 0 Å². The van der Waals surface area contributed by atoms with Crippen LogP contribution in [-0.4, -0.2) is 49.6 Å². The molecule has 2 amide bonds. The van der Waals surface area contributed by atoms with Gasteiger partial charge in [0.2, 0.25) is 5.91 Å². The number of ether oxygens (including phenoxy) is 1. The number of anilines is 1. The van der Waals surface area contributed by atoms with Gasteiger partial charge in [-0.3, -0.25) is 9.59 Å². The normalized spacial score (nSPS) is 10.4. The molecule has 0 aliphatic rings. The minimum atomic E-state index is -0.443. The molecule has 0 aliphatic carbocycles. The van der Waals surface area contributed by atoms with Crippen molar-refractivity contribution in [3.05, 3.63) is 53.0 Å². The second kappa shape index (κ2) is 9.27. The number of hydrogen-bond donors (Lipinski definition) is 1. The van der Waals surface area contributed by atoms with Crippen molar-refractivity contribution in [2.24, 2.45) is 0 Å². The van der Waals surface area contributed by atoms with Gasteiger partial charge in [0.05, 0.1) is 18.6 Å². The summed E-state index contributed by atoms with van der Waals surface area (Å²) in [4.78, 5) is 36.9. The zero-order chi connectivity index (χ0) is 20.0. The Hall–Kier alpha value is -2.74. The first-order valence-corrected chi connectivity index (χ1v) is 9.34. The molecule has 2 rings (SSSR count). The van der Waals surface area contributed by atoms with E-state index >= 15 is 0 Å². The van der Waals surface area contributed by atoms with Crippen LogP contribution in [0.3, 0.4) is 0 Å². The number of methoxy groups -OCH3 is 1. The van der Waals surface area contributed by atoms with Crippen molar-refractivity contribution >= 4 is 35.2 Å². The van der Waals surface area contributed by atoms with E-state index in [0.29, 0.717) is 34.1 Å². The van der Waals surface area contributed by atoms with Crippen LogP contribution in [-0.2, 0) is 15.3 Å². The van der Waals surface area contributed by atoms with Crippen LogP contribution >= 0.6 is 11.8 Å². The predicted octanol–water partition coefficient (Wildman–Crippen LogP) is 2.95. The van der Waals surface area contributed by atoms with Gasteiger partial charge in [-0.05, 0) is 37.3 Å². The van der Waals surface area contributed by atoms with E-state index in [1.165, 1.54) is 23.8 Å². The van der Waals surface area contributed by atoms with Crippen molar-refractivity contribution < 1.29 is 23.5 Å². The quantitative estimate of drug-likeness (QED) is 0.731. The molecule has 7 nitrogen and oxygen atoms in total. The van der Waals surface area contributed by atoms with Gasteiger partial charge in [0.15, 0.2) is 0 Å². The van der Waals surface area contributed by atoms with Crippen LogP contribution in [0, 0.1) is 6.92 Å². The van der Waals surface area contributed by atoms with E-state index in [0.717, 1.165) is 0 Å². The molecule has 1 aromatic carbocycles. The summed E-state index contributed by atoms with van der Waals surface area (Å²) in [5.41, 5.74) is 1.57. The fraction of sp³-hybridized carbons (Fsp3) is 0.316. The molecule has 0 radical (unpaired) electrons. The lowest BCUT2D eigenvalue weighted by molar-refractivity contribution is -0.113. The number of hydrogen-bond acceptors (Lipinski definition) is 6. The smallest absolute Gasteiger partial charge is 0.341 e. The fourth-order valence-electron chi connectivity index (χ4n) is 2.32. The second-order valence-corrected chi connectivity index (χ2v) is 6.98. The zero-order valence-electron chi connectivity index (χ0n) is 15.7. The Morgan fingerprint density at radius 3 is 2.44 bits per heavy atom. The minimum Gasteiger partial charge on any atom is -0.465 e. The van der Waals surface area contributed by atoms with Gasteiger partial charge >= 0.3 is 5.97 Å². The van der Waals surface area contributed by atoms with Crippen LogP contribution in [0.1, 0.15) is 32.2 Å². The number of nitrogens with zero attached hydrogens (tertiary/aromatic N) is 1. The lowest BCUT2D eigenvalue weighted by atomic mass is 10.2. The van der Waals surface area contributed by atoms with E-state index in [1.807, 2.05) is 0 Å². The molecular weight excluding hydrogens is 368 g/mol. The van der Waals surface area contributed by atoms with Gasteiger partial charge in [-0.25, -0.2) is 4.79 Å². The maximum atomic E-state index is 12.0. The van der Waals surface area contributed by atoms with Crippen molar-refractivity contribution in [1.82, 2.24) is 4.90 Å². The Labute approximate surface area is 162 Å². The molecule has 0 aliphatic heterocycles. The van der Waals surface area contributed by atoms with Crippen molar-refractivity contribution in [2.45, 2.75) is 12.7 Å². The van der Waals surface area contributed by atoms with Crippen LogP contribution < -0.4 is 5.32 Å². The van der Waals surface area contributed by atoms with Crippen molar-refractivity contribution in [3.63, 3.8) is 0 Å². The van der Waals surface area contributed by atoms with E-state index in [9.17, 15) is 14.4 Å². The highest BCUT2D eigenvalue weighted by Gasteiger charge is 2.15. The topological polar surface area (TPSA) is 88.8 Å². The number of rotatable bonds is 7. The van der Waals surface area contributed by atoms with Gasteiger partial charge in [0.1, 0.15) is 17.1 Å². The van der Waals surface area contributed by atoms with E-state index in [1.54, 1.807) is 51.4 Å². The van der Waals surface area contributed by atoms with Crippen LogP contribution in [0.4, 0.5) is 5.69 Å². The Kier molecular flexibility index (Phi) is 7.06. The number of esters is 1.